The molecule has 0 atom stereocenters. The van der Waals surface area contributed by atoms with E-state index in [1.165, 1.54) is 0 Å². The van der Waals surface area contributed by atoms with E-state index >= 15 is 0 Å². The van der Waals surface area contributed by atoms with Gasteiger partial charge in [-0.05, 0) is 44.7 Å². The van der Waals surface area contributed by atoms with Gasteiger partial charge in [-0.2, -0.15) is 0 Å². The Labute approximate surface area is 101 Å². The molecule has 1 aromatic carbocycles. The molecule has 1 aliphatic carbocycles. The zero-order valence-electron chi connectivity index (χ0n) is 10.1. The zero-order valence-corrected chi connectivity index (χ0v) is 10.1. The zero-order chi connectivity index (χ0) is 12.3. The predicted octanol–water partition coefficient (Wildman–Crippen LogP) is 2.46. The average Bonchev–Trinajstić information content (AvgIpc) is 2.33. The molecular weight excluding hydrogens is 216 g/mol. The first-order chi connectivity index (χ1) is 8.15. The molecule has 0 unspecified atom stereocenters. The summed E-state index contributed by atoms with van der Waals surface area (Å²) in [6, 6.07) is 7.38. The summed E-state index contributed by atoms with van der Waals surface area (Å²) >= 11 is 0. The van der Waals surface area contributed by atoms with E-state index in [9.17, 15) is 9.90 Å². The van der Waals surface area contributed by atoms with Gasteiger partial charge < -0.3 is 9.84 Å². The minimum atomic E-state index is -0.258. The van der Waals surface area contributed by atoms with Crippen molar-refractivity contribution in [3.63, 3.8) is 0 Å². The highest BCUT2D eigenvalue weighted by molar-refractivity contribution is 5.89. The Hall–Kier alpha value is -1.35. The molecule has 0 heterocycles. The van der Waals surface area contributed by atoms with Crippen molar-refractivity contribution in [2.24, 2.45) is 0 Å². The first-order valence-electron chi connectivity index (χ1n) is 6.11. The van der Waals surface area contributed by atoms with Crippen molar-refractivity contribution in [3.8, 4) is 0 Å². The van der Waals surface area contributed by atoms with E-state index in [-0.39, 0.29) is 18.2 Å². The van der Waals surface area contributed by atoms with Gasteiger partial charge in [0.05, 0.1) is 11.7 Å². The second-order valence-corrected chi connectivity index (χ2v) is 4.70. The molecule has 3 nitrogen and oxygen atoms in total. The van der Waals surface area contributed by atoms with Gasteiger partial charge in [-0.15, -0.1) is 0 Å². The summed E-state index contributed by atoms with van der Waals surface area (Å²) in [7, 11) is 0. The highest BCUT2D eigenvalue weighted by Crippen LogP contribution is 2.22. The Morgan fingerprint density at radius 1 is 1.18 bits per heavy atom. The van der Waals surface area contributed by atoms with Crippen molar-refractivity contribution in [3.05, 3.63) is 35.4 Å². The van der Waals surface area contributed by atoms with Crippen LogP contribution >= 0.6 is 0 Å². The molecule has 1 fully saturated rings. The van der Waals surface area contributed by atoms with Crippen LogP contribution in [-0.2, 0) is 4.74 Å². The van der Waals surface area contributed by atoms with Crippen LogP contribution in [0.5, 0.6) is 0 Å². The largest absolute Gasteiger partial charge is 0.459 e. The standard InChI is InChI=1S/C14H18O3/c1-10-2-4-11(5-3-10)14(16)17-13-8-6-12(15)7-9-13/h2-5,12-13,15H,6-9H2,1H3. The van der Waals surface area contributed by atoms with E-state index in [0.717, 1.165) is 31.2 Å². The van der Waals surface area contributed by atoms with E-state index in [1.807, 2.05) is 19.1 Å². The van der Waals surface area contributed by atoms with Crippen LogP contribution in [0.2, 0.25) is 0 Å². The molecule has 0 saturated heterocycles. The molecule has 0 radical (unpaired) electrons. The van der Waals surface area contributed by atoms with Gasteiger partial charge in [0.15, 0.2) is 0 Å². The minimum Gasteiger partial charge on any atom is -0.459 e. The number of aliphatic hydroxyl groups is 1. The summed E-state index contributed by atoms with van der Waals surface area (Å²) in [4.78, 5) is 11.8. The number of carbonyl (C=O) groups is 1. The number of aryl methyl sites for hydroxylation is 1. The summed E-state index contributed by atoms with van der Waals surface area (Å²) in [5.41, 5.74) is 1.73. The van der Waals surface area contributed by atoms with Gasteiger partial charge in [0.2, 0.25) is 0 Å². The third-order valence-electron chi connectivity index (χ3n) is 3.20. The highest BCUT2D eigenvalue weighted by atomic mass is 16.5. The van der Waals surface area contributed by atoms with Gasteiger partial charge in [-0.1, -0.05) is 17.7 Å². The lowest BCUT2D eigenvalue weighted by atomic mass is 9.95. The van der Waals surface area contributed by atoms with Gasteiger partial charge in [0.25, 0.3) is 0 Å². The van der Waals surface area contributed by atoms with Gasteiger partial charge in [0, 0.05) is 0 Å². The molecule has 1 saturated carbocycles. The summed E-state index contributed by atoms with van der Waals surface area (Å²) in [5.74, 6) is -0.258. The third kappa shape index (κ3) is 3.30. The fraction of sp³-hybridized carbons (Fsp3) is 0.500. The van der Waals surface area contributed by atoms with Crippen molar-refractivity contribution in [1.82, 2.24) is 0 Å². The summed E-state index contributed by atoms with van der Waals surface area (Å²) < 4.78 is 5.42. The molecular formula is C14H18O3. The Morgan fingerprint density at radius 3 is 2.35 bits per heavy atom. The molecule has 92 valence electrons. The topological polar surface area (TPSA) is 46.5 Å². The SMILES string of the molecule is Cc1ccc(C(=O)OC2CCC(O)CC2)cc1. The van der Waals surface area contributed by atoms with Crippen LogP contribution in [-0.4, -0.2) is 23.3 Å². The number of aliphatic hydroxyl groups excluding tert-OH is 1. The maximum Gasteiger partial charge on any atom is 0.338 e. The molecule has 0 bridgehead atoms. The lowest BCUT2D eigenvalue weighted by Crippen LogP contribution is -2.26. The number of ether oxygens (including phenoxy) is 1. The van der Waals surface area contributed by atoms with Crippen LogP contribution in [0.1, 0.15) is 41.6 Å². The number of hydrogen-bond donors (Lipinski definition) is 1. The van der Waals surface area contributed by atoms with Gasteiger partial charge in [-0.3, -0.25) is 0 Å². The predicted molar refractivity (Wildman–Crippen MR) is 64.9 cm³/mol. The maximum absolute atomic E-state index is 11.8. The van der Waals surface area contributed by atoms with Crippen molar-refractivity contribution < 1.29 is 14.6 Å². The molecule has 2 rings (SSSR count). The van der Waals surface area contributed by atoms with Crippen molar-refractivity contribution in [1.29, 1.82) is 0 Å². The second-order valence-electron chi connectivity index (χ2n) is 4.70. The molecule has 0 aromatic heterocycles. The molecule has 3 heteroatoms. The van der Waals surface area contributed by atoms with Crippen LogP contribution in [0.15, 0.2) is 24.3 Å². The summed E-state index contributed by atoms with van der Waals surface area (Å²) in [6.45, 7) is 1.98. The average molecular weight is 234 g/mol. The van der Waals surface area contributed by atoms with Crippen LogP contribution in [0.25, 0.3) is 0 Å². The fourth-order valence-corrected chi connectivity index (χ4v) is 2.07. The molecule has 1 aliphatic rings. The molecule has 1 aromatic rings. The summed E-state index contributed by atoms with van der Waals surface area (Å²) in [5, 5.41) is 9.37. The smallest absolute Gasteiger partial charge is 0.338 e. The monoisotopic (exact) mass is 234 g/mol. The van der Waals surface area contributed by atoms with E-state index in [2.05, 4.69) is 0 Å². The van der Waals surface area contributed by atoms with Crippen LogP contribution in [0.4, 0.5) is 0 Å². The number of rotatable bonds is 2. The Balaban J connectivity index is 1.91. The first-order valence-corrected chi connectivity index (χ1v) is 6.11. The van der Waals surface area contributed by atoms with Crippen molar-refractivity contribution in [2.75, 3.05) is 0 Å². The van der Waals surface area contributed by atoms with Gasteiger partial charge >= 0.3 is 5.97 Å². The van der Waals surface area contributed by atoms with Crippen LogP contribution < -0.4 is 0 Å². The van der Waals surface area contributed by atoms with E-state index in [4.69, 9.17) is 4.74 Å². The van der Waals surface area contributed by atoms with E-state index in [0.29, 0.717) is 5.56 Å². The van der Waals surface area contributed by atoms with Gasteiger partial charge in [0.1, 0.15) is 6.10 Å². The number of esters is 1. The minimum absolute atomic E-state index is 0.0350. The Morgan fingerprint density at radius 2 is 1.76 bits per heavy atom. The fourth-order valence-electron chi connectivity index (χ4n) is 2.07. The lowest BCUT2D eigenvalue weighted by Gasteiger charge is -2.25. The molecule has 1 N–H and O–H groups in total. The second kappa shape index (κ2) is 5.32. The number of hydrogen-bond acceptors (Lipinski definition) is 3. The van der Waals surface area contributed by atoms with Crippen molar-refractivity contribution >= 4 is 5.97 Å². The Kier molecular flexibility index (Phi) is 3.79. The molecule has 0 spiro atoms. The lowest BCUT2D eigenvalue weighted by molar-refractivity contribution is 0.00460. The van der Waals surface area contributed by atoms with Crippen LogP contribution in [0, 0.1) is 6.92 Å². The van der Waals surface area contributed by atoms with Crippen molar-refractivity contribution in [2.45, 2.75) is 44.8 Å². The van der Waals surface area contributed by atoms with Crippen LogP contribution in [0.3, 0.4) is 0 Å². The summed E-state index contributed by atoms with van der Waals surface area (Å²) in [6.07, 6.45) is 2.73. The molecule has 0 aliphatic heterocycles. The number of benzene rings is 1. The molecule has 0 amide bonds. The Bertz CT molecular complexity index is 375. The highest BCUT2D eigenvalue weighted by Gasteiger charge is 2.22. The van der Waals surface area contributed by atoms with E-state index < -0.39 is 0 Å². The quantitative estimate of drug-likeness (QED) is 0.799. The normalized spacial score (nSPS) is 24.4. The van der Waals surface area contributed by atoms with E-state index in [1.54, 1.807) is 12.1 Å². The first kappa shape index (κ1) is 12.1. The third-order valence-corrected chi connectivity index (χ3v) is 3.20. The number of carbonyl (C=O) groups excluding carboxylic acids is 1. The molecule has 17 heavy (non-hydrogen) atoms. The maximum atomic E-state index is 11.8. The van der Waals surface area contributed by atoms with Gasteiger partial charge in [-0.25, -0.2) is 4.79 Å².